The van der Waals surface area contributed by atoms with Crippen molar-refractivity contribution in [2.45, 2.75) is 12.1 Å². The average Bonchev–Trinajstić information content (AvgIpc) is 3.06. The summed E-state index contributed by atoms with van der Waals surface area (Å²) in [5, 5.41) is 9.37. The molecular formula is C20H21N3O3S. The Morgan fingerprint density at radius 3 is 2.63 bits per heavy atom. The molecule has 0 radical (unpaired) electrons. The number of carbonyl (C=O) groups is 1. The zero-order valence-electron chi connectivity index (χ0n) is 15.5. The molecule has 7 heteroatoms. The molecule has 0 fully saturated rings. The van der Waals surface area contributed by atoms with Gasteiger partial charge in [-0.25, -0.2) is 0 Å². The largest absolute Gasteiger partial charge is 0.493 e. The van der Waals surface area contributed by atoms with E-state index in [0.717, 1.165) is 22.8 Å². The second-order valence-corrected chi connectivity index (χ2v) is 6.99. The molecule has 0 atom stereocenters. The predicted octanol–water partition coefficient (Wildman–Crippen LogP) is 3.78. The van der Waals surface area contributed by atoms with Crippen LogP contribution in [0.4, 0.5) is 0 Å². The topological polar surface area (TPSA) is 66.2 Å². The lowest BCUT2D eigenvalue weighted by Crippen LogP contribution is -2.05. The number of nitrogens with zero attached hydrogens (tertiary/aromatic N) is 3. The Hall–Kier alpha value is -2.80. The normalized spacial score (nSPS) is 10.6. The third-order valence-electron chi connectivity index (χ3n) is 4.06. The maximum Gasteiger partial charge on any atom is 0.191 e. The first-order chi connectivity index (χ1) is 13.1. The molecule has 3 rings (SSSR count). The fraction of sp³-hybridized carbons (Fsp3) is 0.250. The van der Waals surface area contributed by atoms with Gasteiger partial charge in [0.1, 0.15) is 0 Å². The van der Waals surface area contributed by atoms with Crippen LogP contribution < -0.4 is 9.47 Å². The van der Waals surface area contributed by atoms with Gasteiger partial charge in [-0.1, -0.05) is 47.7 Å². The Labute approximate surface area is 162 Å². The molecule has 27 heavy (non-hydrogen) atoms. The van der Waals surface area contributed by atoms with Gasteiger partial charge in [0.25, 0.3) is 0 Å². The van der Waals surface area contributed by atoms with Gasteiger partial charge in [-0.2, -0.15) is 0 Å². The van der Waals surface area contributed by atoms with Gasteiger partial charge in [0.05, 0.1) is 19.3 Å². The van der Waals surface area contributed by atoms with Crippen LogP contribution in [0, 0.1) is 6.92 Å². The highest BCUT2D eigenvalue weighted by molar-refractivity contribution is 7.99. The minimum absolute atomic E-state index is 0.415. The van der Waals surface area contributed by atoms with Crippen LogP contribution in [-0.2, 0) is 7.05 Å². The van der Waals surface area contributed by atoms with Gasteiger partial charge in [0.2, 0.25) is 0 Å². The summed E-state index contributed by atoms with van der Waals surface area (Å²) >= 11 is 1.55. The number of aryl methyl sites for hydroxylation is 1. The second-order valence-electron chi connectivity index (χ2n) is 5.92. The lowest BCUT2D eigenvalue weighted by Gasteiger charge is -2.12. The average molecular weight is 383 g/mol. The second kappa shape index (κ2) is 8.73. The molecule has 0 unspecified atom stereocenters. The van der Waals surface area contributed by atoms with Crippen molar-refractivity contribution in [2.75, 3.05) is 19.5 Å². The highest BCUT2D eigenvalue weighted by Crippen LogP contribution is 2.30. The van der Waals surface area contributed by atoms with E-state index in [2.05, 4.69) is 29.3 Å². The summed E-state index contributed by atoms with van der Waals surface area (Å²) in [7, 11) is 3.50. The molecule has 0 aliphatic carbocycles. The summed E-state index contributed by atoms with van der Waals surface area (Å²) in [6, 6.07) is 13.4. The molecule has 2 aromatic carbocycles. The van der Waals surface area contributed by atoms with E-state index in [-0.39, 0.29) is 0 Å². The first kappa shape index (κ1) is 19.0. The van der Waals surface area contributed by atoms with Gasteiger partial charge in [0, 0.05) is 18.4 Å². The van der Waals surface area contributed by atoms with Crippen LogP contribution in [-0.4, -0.2) is 40.5 Å². The van der Waals surface area contributed by atoms with Crippen LogP contribution in [0.3, 0.4) is 0 Å². The molecule has 0 bridgehead atoms. The number of methoxy groups -OCH3 is 1. The standard InChI is InChI=1S/C20H21N3O3S/c1-14-7-9-15(10-8-14)19-21-22-20(23(19)2)27-12-11-26-18-16(13-24)5-4-6-17(18)25-3/h4-10,13H,11-12H2,1-3H3. The summed E-state index contributed by atoms with van der Waals surface area (Å²) in [6.45, 7) is 2.47. The number of aromatic nitrogens is 3. The van der Waals surface area contributed by atoms with E-state index in [0.29, 0.717) is 29.4 Å². The Morgan fingerprint density at radius 1 is 1.15 bits per heavy atom. The summed E-state index contributed by atoms with van der Waals surface area (Å²) in [5.74, 6) is 2.50. The van der Waals surface area contributed by atoms with Gasteiger partial charge < -0.3 is 14.0 Å². The minimum atomic E-state index is 0.415. The first-order valence-corrected chi connectivity index (χ1v) is 9.46. The van der Waals surface area contributed by atoms with E-state index < -0.39 is 0 Å². The van der Waals surface area contributed by atoms with Crippen LogP contribution in [0.1, 0.15) is 15.9 Å². The van der Waals surface area contributed by atoms with Crippen molar-refractivity contribution in [3.63, 3.8) is 0 Å². The molecule has 0 aliphatic rings. The van der Waals surface area contributed by atoms with Crippen molar-refractivity contribution in [3.05, 3.63) is 53.6 Å². The molecule has 1 aromatic heterocycles. The molecule has 0 aliphatic heterocycles. The minimum Gasteiger partial charge on any atom is -0.493 e. The molecular weight excluding hydrogens is 362 g/mol. The Morgan fingerprint density at radius 2 is 1.93 bits per heavy atom. The van der Waals surface area contributed by atoms with Crippen molar-refractivity contribution >= 4 is 18.0 Å². The lowest BCUT2D eigenvalue weighted by molar-refractivity contribution is 0.111. The van der Waals surface area contributed by atoms with E-state index in [1.807, 2.05) is 23.7 Å². The van der Waals surface area contributed by atoms with Crippen LogP contribution in [0.5, 0.6) is 11.5 Å². The molecule has 140 valence electrons. The molecule has 0 saturated heterocycles. The Bertz CT molecular complexity index is 923. The number of para-hydroxylation sites is 1. The molecule has 0 N–H and O–H groups in total. The van der Waals surface area contributed by atoms with Gasteiger partial charge in [-0.15, -0.1) is 10.2 Å². The highest BCUT2D eigenvalue weighted by Gasteiger charge is 2.13. The third kappa shape index (κ3) is 4.31. The van der Waals surface area contributed by atoms with Gasteiger partial charge in [0.15, 0.2) is 28.8 Å². The molecule has 0 saturated carbocycles. The van der Waals surface area contributed by atoms with Crippen molar-refractivity contribution in [3.8, 4) is 22.9 Å². The van der Waals surface area contributed by atoms with Crippen molar-refractivity contribution < 1.29 is 14.3 Å². The number of benzene rings is 2. The zero-order chi connectivity index (χ0) is 19.2. The van der Waals surface area contributed by atoms with Gasteiger partial charge in [-0.05, 0) is 19.1 Å². The number of rotatable bonds is 8. The van der Waals surface area contributed by atoms with Crippen molar-refractivity contribution in [1.29, 1.82) is 0 Å². The number of thioether (sulfide) groups is 1. The van der Waals surface area contributed by atoms with Gasteiger partial charge in [-0.3, -0.25) is 4.79 Å². The molecule has 0 spiro atoms. The van der Waals surface area contributed by atoms with E-state index >= 15 is 0 Å². The first-order valence-electron chi connectivity index (χ1n) is 8.48. The molecule has 1 heterocycles. The van der Waals surface area contributed by atoms with Gasteiger partial charge >= 0.3 is 0 Å². The van der Waals surface area contributed by atoms with E-state index in [4.69, 9.17) is 9.47 Å². The zero-order valence-corrected chi connectivity index (χ0v) is 16.3. The summed E-state index contributed by atoms with van der Waals surface area (Å²) in [4.78, 5) is 11.2. The summed E-state index contributed by atoms with van der Waals surface area (Å²) in [5.41, 5.74) is 2.71. The maximum atomic E-state index is 11.2. The van der Waals surface area contributed by atoms with Crippen LogP contribution in [0.15, 0.2) is 47.6 Å². The molecule has 3 aromatic rings. The number of aldehydes is 1. The Balaban J connectivity index is 1.62. The van der Waals surface area contributed by atoms with E-state index in [9.17, 15) is 4.79 Å². The Kier molecular flexibility index (Phi) is 6.13. The fourth-order valence-corrected chi connectivity index (χ4v) is 3.34. The van der Waals surface area contributed by atoms with Crippen molar-refractivity contribution in [1.82, 2.24) is 14.8 Å². The summed E-state index contributed by atoms with van der Waals surface area (Å²) in [6.07, 6.45) is 0.765. The molecule has 6 nitrogen and oxygen atoms in total. The monoisotopic (exact) mass is 383 g/mol. The number of hydrogen-bond donors (Lipinski definition) is 0. The van der Waals surface area contributed by atoms with Crippen LogP contribution >= 0.6 is 11.8 Å². The quantitative estimate of drug-likeness (QED) is 0.335. The smallest absolute Gasteiger partial charge is 0.191 e. The third-order valence-corrected chi connectivity index (χ3v) is 5.05. The highest BCUT2D eigenvalue weighted by atomic mass is 32.2. The lowest BCUT2D eigenvalue weighted by atomic mass is 10.1. The maximum absolute atomic E-state index is 11.2. The summed E-state index contributed by atoms with van der Waals surface area (Å²) < 4.78 is 13.0. The fourth-order valence-electron chi connectivity index (χ4n) is 2.61. The van der Waals surface area contributed by atoms with Crippen LogP contribution in [0.2, 0.25) is 0 Å². The number of hydrogen-bond acceptors (Lipinski definition) is 6. The number of carbonyl (C=O) groups excluding carboxylic acids is 1. The number of ether oxygens (including phenoxy) is 2. The SMILES string of the molecule is COc1cccc(C=O)c1OCCSc1nnc(-c2ccc(C)cc2)n1C. The van der Waals surface area contributed by atoms with E-state index in [1.165, 1.54) is 5.56 Å². The van der Waals surface area contributed by atoms with E-state index in [1.54, 1.807) is 37.1 Å². The van der Waals surface area contributed by atoms with Crippen LogP contribution in [0.25, 0.3) is 11.4 Å². The molecule has 0 amide bonds. The predicted molar refractivity (Wildman–Crippen MR) is 106 cm³/mol. The van der Waals surface area contributed by atoms with Crippen molar-refractivity contribution in [2.24, 2.45) is 7.05 Å².